The number of ether oxygens (including phenoxy) is 1. The summed E-state index contributed by atoms with van der Waals surface area (Å²) in [4.78, 5) is 8.05. The fraction of sp³-hybridized carbons (Fsp3) is 0.476. The number of aromatic nitrogens is 4. The van der Waals surface area contributed by atoms with E-state index in [9.17, 15) is 0 Å². The van der Waals surface area contributed by atoms with Crippen LogP contribution in [0.4, 0.5) is 0 Å². The van der Waals surface area contributed by atoms with Crippen molar-refractivity contribution in [2.75, 3.05) is 19.7 Å². The number of hydrogen-bond donors (Lipinski definition) is 3. The Hall–Kier alpha value is -2.14. The third-order valence-electron chi connectivity index (χ3n) is 5.44. The fourth-order valence-electron chi connectivity index (χ4n) is 3.58. The highest BCUT2D eigenvalue weighted by atomic mass is 127. The predicted molar refractivity (Wildman–Crippen MR) is 129 cm³/mol. The first kappa shape index (κ1) is 22.5. The molecule has 4 rings (SSSR count). The van der Waals surface area contributed by atoms with E-state index >= 15 is 0 Å². The van der Waals surface area contributed by atoms with Crippen molar-refractivity contribution < 1.29 is 4.74 Å². The molecule has 1 aromatic carbocycles. The molecule has 1 aliphatic rings. The molecule has 9 heteroatoms. The molecule has 0 bridgehead atoms. The molecule has 162 valence electrons. The molecule has 1 atom stereocenters. The first-order valence-electron chi connectivity index (χ1n) is 10.2. The van der Waals surface area contributed by atoms with Crippen molar-refractivity contribution >= 4 is 40.8 Å². The van der Waals surface area contributed by atoms with Gasteiger partial charge in [-0.15, -0.1) is 34.2 Å². The molecule has 0 aliphatic carbocycles. The molecule has 8 nitrogen and oxygen atoms in total. The Morgan fingerprint density at radius 3 is 2.93 bits per heavy atom. The minimum absolute atomic E-state index is 0. The van der Waals surface area contributed by atoms with Crippen LogP contribution < -0.4 is 10.6 Å². The minimum atomic E-state index is 0. The van der Waals surface area contributed by atoms with Gasteiger partial charge in [-0.3, -0.25) is 0 Å². The number of guanidine groups is 1. The Balaban J connectivity index is 0.00000256. The highest BCUT2D eigenvalue weighted by Gasteiger charge is 2.16. The van der Waals surface area contributed by atoms with Gasteiger partial charge >= 0.3 is 0 Å². The fourth-order valence-corrected chi connectivity index (χ4v) is 3.58. The van der Waals surface area contributed by atoms with Crippen LogP contribution in [0.3, 0.4) is 0 Å². The number of nitrogens with zero attached hydrogens (tertiary/aromatic N) is 4. The van der Waals surface area contributed by atoms with Crippen LogP contribution >= 0.6 is 24.0 Å². The smallest absolute Gasteiger partial charge is 0.191 e. The summed E-state index contributed by atoms with van der Waals surface area (Å²) in [6, 6.07) is 8.38. The largest absolute Gasteiger partial charge is 0.376 e. The van der Waals surface area contributed by atoms with Crippen LogP contribution in [0.1, 0.15) is 30.1 Å². The Labute approximate surface area is 193 Å². The van der Waals surface area contributed by atoms with E-state index < -0.39 is 0 Å². The molecule has 3 N–H and O–H groups in total. The van der Waals surface area contributed by atoms with Gasteiger partial charge in [0.05, 0.1) is 6.10 Å². The number of rotatable bonds is 7. The molecule has 0 spiro atoms. The van der Waals surface area contributed by atoms with Gasteiger partial charge in [0.25, 0.3) is 0 Å². The summed E-state index contributed by atoms with van der Waals surface area (Å²) in [5, 5.41) is 16.5. The van der Waals surface area contributed by atoms with Gasteiger partial charge in [0.2, 0.25) is 0 Å². The topological polar surface area (TPSA) is 92.2 Å². The van der Waals surface area contributed by atoms with Gasteiger partial charge in [0.1, 0.15) is 12.4 Å². The standard InChI is InChI=1S/C21H29N7O.HI/c1-15-26-27-20(28(15)2)14-25-21(24-13-17-6-5-11-29-17)22-10-9-16-12-23-19-8-4-3-7-18(16)19;/h3-4,7-8,12,17,23H,5-6,9-11,13-14H2,1-2H3,(H2,22,24,25);1H. The third-order valence-corrected chi connectivity index (χ3v) is 5.44. The lowest BCUT2D eigenvalue weighted by atomic mass is 10.1. The second kappa shape index (κ2) is 10.8. The number of benzene rings is 1. The average molecular weight is 523 g/mol. The van der Waals surface area contributed by atoms with E-state index in [2.05, 4.69) is 56.3 Å². The van der Waals surface area contributed by atoms with Crippen molar-refractivity contribution in [3.8, 4) is 0 Å². The summed E-state index contributed by atoms with van der Waals surface area (Å²) in [6.07, 6.45) is 5.48. The summed E-state index contributed by atoms with van der Waals surface area (Å²) in [5.74, 6) is 2.51. The lowest BCUT2D eigenvalue weighted by Crippen LogP contribution is -2.42. The third kappa shape index (κ3) is 5.51. The lowest BCUT2D eigenvalue weighted by molar-refractivity contribution is 0.114. The van der Waals surface area contributed by atoms with E-state index in [1.54, 1.807) is 0 Å². The van der Waals surface area contributed by atoms with E-state index in [0.29, 0.717) is 6.54 Å². The van der Waals surface area contributed by atoms with Crippen LogP contribution in [-0.4, -0.2) is 51.5 Å². The van der Waals surface area contributed by atoms with Crippen LogP contribution in [0.5, 0.6) is 0 Å². The van der Waals surface area contributed by atoms with Crippen LogP contribution in [0.15, 0.2) is 35.5 Å². The molecule has 1 saturated heterocycles. The number of halogens is 1. The summed E-state index contributed by atoms with van der Waals surface area (Å²) in [7, 11) is 1.96. The number of H-pyrrole nitrogens is 1. The van der Waals surface area contributed by atoms with Gasteiger partial charge in [0, 0.05) is 43.8 Å². The molecule has 0 radical (unpaired) electrons. The minimum Gasteiger partial charge on any atom is -0.376 e. The maximum atomic E-state index is 5.72. The van der Waals surface area contributed by atoms with E-state index in [4.69, 9.17) is 9.73 Å². The summed E-state index contributed by atoms with van der Waals surface area (Å²) in [6.45, 7) is 4.82. The quantitative estimate of drug-likeness (QED) is 0.252. The first-order valence-corrected chi connectivity index (χ1v) is 10.2. The zero-order chi connectivity index (χ0) is 20.1. The molecule has 30 heavy (non-hydrogen) atoms. The van der Waals surface area contributed by atoms with Crippen molar-refractivity contribution in [3.63, 3.8) is 0 Å². The molecule has 0 saturated carbocycles. The molecule has 1 aliphatic heterocycles. The molecule has 1 unspecified atom stereocenters. The van der Waals surface area contributed by atoms with Gasteiger partial charge in [-0.25, -0.2) is 4.99 Å². The van der Waals surface area contributed by atoms with Crippen molar-refractivity contribution in [2.45, 2.75) is 38.8 Å². The number of para-hydroxylation sites is 1. The number of aliphatic imine (C=N–C) groups is 1. The zero-order valence-corrected chi connectivity index (χ0v) is 19.8. The van der Waals surface area contributed by atoms with Crippen molar-refractivity contribution in [3.05, 3.63) is 47.7 Å². The summed E-state index contributed by atoms with van der Waals surface area (Å²) in [5.41, 5.74) is 2.47. The maximum Gasteiger partial charge on any atom is 0.191 e. The summed E-state index contributed by atoms with van der Waals surface area (Å²) >= 11 is 0. The Bertz CT molecular complexity index is 975. The molecule has 2 aromatic heterocycles. The molecule has 3 heterocycles. The SMILES string of the molecule is Cc1nnc(CN=C(NCCc2c[nH]c3ccccc23)NCC2CCCO2)n1C.I. The second-order valence-electron chi connectivity index (χ2n) is 7.44. The van der Waals surface area contributed by atoms with Crippen LogP contribution in [0.25, 0.3) is 10.9 Å². The summed E-state index contributed by atoms with van der Waals surface area (Å²) < 4.78 is 7.69. The highest BCUT2D eigenvalue weighted by molar-refractivity contribution is 14.0. The van der Waals surface area contributed by atoms with E-state index in [1.165, 1.54) is 16.5 Å². The molecule has 1 fully saturated rings. The van der Waals surface area contributed by atoms with Gasteiger partial charge in [-0.05, 0) is 37.8 Å². The molecular weight excluding hydrogens is 493 g/mol. The number of fused-ring (bicyclic) bond motifs is 1. The van der Waals surface area contributed by atoms with Gasteiger partial charge in [-0.2, -0.15) is 0 Å². The van der Waals surface area contributed by atoms with E-state index in [0.717, 1.165) is 56.6 Å². The maximum absolute atomic E-state index is 5.72. The number of aryl methyl sites for hydroxylation is 1. The second-order valence-corrected chi connectivity index (χ2v) is 7.44. The Kier molecular flexibility index (Phi) is 8.08. The van der Waals surface area contributed by atoms with Crippen molar-refractivity contribution in [2.24, 2.45) is 12.0 Å². The Morgan fingerprint density at radius 1 is 1.30 bits per heavy atom. The normalized spacial score (nSPS) is 16.6. The lowest BCUT2D eigenvalue weighted by Gasteiger charge is -2.15. The average Bonchev–Trinajstić information content (AvgIpc) is 3.47. The first-order chi connectivity index (χ1) is 14.2. The van der Waals surface area contributed by atoms with Crippen molar-refractivity contribution in [1.82, 2.24) is 30.4 Å². The molecular formula is C21H30IN7O. The van der Waals surface area contributed by atoms with Gasteiger partial charge in [-0.1, -0.05) is 18.2 Å². The van der Waals surface area contributed by atoms with Crippen LogP contribution in [0, 0.1) is 6.92 Å². The van der Waals surface area contributed by atoms with Gasteiger partial charge < -0.3 is 24.9 Å². The van der Waals surface area contributed by atoms with Crippen LogP contribution in [-0.2, 0) is 24.8 Å². The molecule has 0 amide bonds. The van der Waals surface area contributed by atoms with E-state index in [-0.39, 0.29) is 30.1 Å². The number of aromatic amines is 1. The Morgan fingerprint density at radius 2 is 2.17 bits per heavy atom. The van der Waals surface area contributed by atoms with Gasteiger partial charge in [0.15, 0.2) is 11.8 Å². The van der Waals surface area contributed by atoms with E-state index in [1.807, 2.05) is 18.5 Å². The predicted octanol–water partition coefficient (Wildman–Crippen LogP) is 2.68. The zero-order valence-electron chi connectivity index (χ0n) is 17.5. The number of hydrogen-bond acceptors (Lipinski definition) is 4. The highest BCUT2D eigenvalue weighted by Crippen LogP contribution is 2.17. The van der Waals surface area contributed by atoms with Crippen LogP contribution in [0.2, 0.25) is 0 Å². The molecule has 3 aromatic rings. The van der Waals surface area contributed by atoms with Crippen molar-refractivity contribution in [1.29, 1.82) is 0 Å². The monoisotopic (exact) mass is 523 g/mol. The number of nitrogens with one attached hydrogen (secondary N) is 3.